The molecule has 1 saturated heterocycles. The second-order valence-electron chi connectivity index (χ2n) is 8.06. The van der Waals surface area contributed by atoms with E-state index in [9.17, 15) is 30.8 Å². The molecule has 1 aliphatic rings. The summed E-state index contributed by atoms with van der Waals surface area (Å²) in [6.07, 6.45) is -2.78. The van der Waals surface area contributed by atoms with Crippen molar-refractivity contribution in [1.82, 2.24) is 18.8 Å². The Morgan fingerprint density at radius 2 is 1.80 bits per heavy atom. The van der Waals surface area contributed by atoms with Crippen molar-refractivity contribution >= 4 is 39.4 Å². The molecule has 14 heteroatoms. The van der Waals surface area contributed by atoms with Crippen LogP contribution < -0.4 is 10.9 Å². The van der Waals surface area contributed by atoms with Gasteiger partial charge in [0, 0.05) is 43.3 Å². The van der Waals surface area contributed by atoms with Crippen LogP contribution in [0, 0.1) is 5.82 Å². The van der Waals surface area contributed by atoms with Crippen LogP contribution in [0.4, 0.5) is 23.5 Å². The van der Waals surface area contributed by atoms with Crippen LogP contribution in [0.15, 0.2) is 41.3 Å². The Kier molecular flexibility index (Phi) is 7.72. The van der Waals surface area contributed by atoms with E-state index in [1.165, 1.54) is 42.1 Å². The predicted octanol–water partition coefficient (Wildman–Crippen LogP) is 3.32. The molecule has 190 valence electrons. The molecule has 0 radical (unpaired) electrons. The molecule has 0 saturated carbocycles. The van der Waals surface area contributed by atoms with Crippen LogP contribution in [0.2, 0.25) is 0 Å². The lowest BCUT2D eigenvalue weighted by Gasteiger charge is -2.31. The van der Waals surface area contributed by atoms with Gasteiger partial charge in [-0.25, -0.2) is 22.1 Å². The van der Waals surface area contributed by atoms with Crippen molar-refractivity contribution in [1.29, 1.82) is 0 Å². The molecular weight excluding hydrogens is 514 g/mol. The number of rotatable bonds is 5. The lowest BCUT2D eigenvalue weighted by Crippen LogP contribution is -2.45. The van der Waals surface area contributed by atoms with Gasteiger partial charge in [0.15, 0.2) is 5.75 Å². The summed E-state index contributed by atoms with van der Waals surface area (Å²) in [7, 11) is -2.91. The zero-order valence-corrected chi connectivity index (χ0v) is 20.1. The summed E-state index contributed by atoms with van der Waals surface area (Å²) in [4.78, 5) is 21.4. The zero-order chi connectivity index (χ0) is 24.7. The molecule has 3 aromatic rings. The van der Waals surface area contributed by atoms with E-state index in [0.717, 1.165) is 4.31 Å². The van der Waals surface area contributed by atoms with E-state index in [1.54, 1.807) is 6.07 Å². The van der Waals surface area contributed by atoms with Crippen molar-refractivity contribution in [2.24, 2.45) is 7.05 Å². The minimum absolute atomic E-state index is 0. The molecule has 0 aliphatic carbocycles. The molecule has 0 bridgehead atoms. The summed E-state index contributed by atoms with van der Waals surface area (Å²) in [6.45, 7) is -0.123. The van der Waals surface area contributed by atoms with Gasteiger partial charge in [-0.1, -0.05) is 18.2 Å². The molecule has 1 aliphatic heterocycles. The molecule has 1 N–H and O–H groups in total. The largest absolute Gasteiger partial charge is 0.404 e. The van der Waals surface area contributed by atoms with Crippen molar-refractivity contribution in [2.45, 2.75) is 25.1 Å². The highest BCUT2D eigenvalue weighted by Crippen LogP contribution is 2.25. The van der Waals surface area contributed by atoms with Crippen LogP contribution in [-0.2, 0) is 17.1 Å². The Labute approximate surface area is 204 Å². The SMILES string of the molecule is Cl.Cn1c(=O)c(-c2ccccc2F)cc2cnc(NC3CCN(S(=O)(=O)CC(F)(F)F)CC3)nc21. The lowest BCUT2D eigenvalue weighted by molar-refractivity contribution is -0.107. The first-order chi connectivity index (χ1) is 15.9. The maximum atomic E-state index is 14.2. The Bertz CT molecular complexity index is 1390. The van der Waals surface area contributed by atoms with Gasteiger partial charge in [0.05, 0.1) is 5.56 Å². The summed E-state index contributed by atoms with van der Waals surface area (Å²) in [6, 6.07) is 7.19. The van der Waals surface area contributed by atoms with E-state index < -0.39 is 33.3 Å². The van der Waals surface area contributed by atoms with E-state index in [0.29, 0.717) is 11.0 Å². The van der Waals surface area contributed by atoms with E-state index in [4.69, 9.17) is 0 Å². The molecule has 35 heavy (non-hydrogen) atoms. The Hall–Kier alpha value is -2.77. The molecule has 0 unspecified atom stereocenters. The minimum Gasteiger partial charge on any atom is -0.351 e. The molecule has 1 aromatic carbocycles. The Morgan fingerprint density at radius 1 is 1.14 bits per heavy atom. The number of aromatic nitrogens is 3. The fraction of sp³-hybridized carbons (Fsp3) is 0.381. The number of aryl methyl sites for hydroxylation is 1. The number of hydrogen-bond acceptors (Lipinski definition) is 6. The van der Waals surface area contributed by atoms with Crippen molar-refractivity contribution in [3.63, 3.8) is 0 Å². The maximum absolute atomic E-state index is 14.2. The predicted molar refractivity (Wildman–Crippen MR) is 125 cm³/mol. The molecule has 4 rings (SSSR count). The minimum atomic E-state index is -4.80. The summed E-state index contributed by atoms with van der Waals surface area (Å²) in [5.41, 5.74) is 0.211. The lowest BCUT2D eigenvalue weighted by atomic mass is 10.1. The van der Waals surface area contributed by atoms with Crippen LogP contribution in [0.3, 0.4) is 0 Å². The van der Waals surface area contributed by atoms with Gasteiger partial charge in [0.2, 0.25) is 16.0 Å². The summed E-state index contributed by atoms with van der Waals surface area (Å²) in [5.74, 6) is -2.21. The van der Waals surface area contributed by atoms with Crippen LogP contribution in [-0.4, -0.2) is 58.3 Å². The van der Waals surface area contributed by atoms with Crippen LogP contribution in [0.1, 0.15) is 12.8 Å². The van der Waals surface area contributed by atoms with E-state index >= 15 is 0 Å². The normalized spacial score (nSPS) is 15.7. The van der Waals surface area contributed by atoms with Gasteiger partial charge in [0.25, 0.3) is 5.56 Å². The number of piperidine rings is 1. The van der Waals surface area contributed by atoms with Crippen molar-refractivity contribution in [3.05, 3.63) is 52.7 Å². The number of alkyl halides is 3. The highest BCUT2D eigenvalue weighted by atomic mass is 35.5. The van der Waals surface area contributed by atoms with Gasteiger partial charge in [0.1, 0.15) is 11.5 Å². The van der Waals surface area contributed by atoms with Gasteiger partial charge in [-0.15, -0.1) is 12.4 Å². The van der Waals surface area contributed by atoms with Gasteiger partial charge >= 0.3 is 6.18 Å². The summed E-state index contributed by atoms with van der Waals surface area (Å²) < 4.78 is 77.8. The average Bonchev–Trinajstić information content (AvgIpc) is 2.76. The monoisotopic (exact) mass is 535 g/mol. The standard InChI is InChI=1S/C21H21F4N5O3S.ClH/c1-29-18-13(10-16(19(29)31)15-4-2-3-5-17(15)22)11-26-20(28-18)27-14-6-8-30(9-7-14)34(32,33)12-21(23,24)25;/h2-5,10-11,14H,6-9,12H2,1H3,(H,26,27,28);1H. The number of nitrogens with zero attached hydrogens (tertiary/aromatic N) is 4. The fourth-order valence-corrected chi connectivity index (χ4v) is 5.31. The average molecular weight is 536 g/mol. The fourth-order valence-electron chi connectivity index (χ4n) is 3.95. The second-order valence-corrected chi connectivity index (χ2v) is 10.0. The molecule has 1 fully saturated rings. The van der Waals surface area contributed by atoms with E-state index in [1.807, 2.05) is 0 Å². The number of benzene rings is 1. The maximum Gasteiger partial charge on any atom is 0.404 e. The first kappa shape index (κ1) is 26.8. The highest BCUT2D eigenvalue weighted by Gasteiger charge is 2.39. The number of pyridine rings is 1. The number of fused-ring (bicyclic) bond motifs is 1. The number of hydrogen-bond donors (Lipinski definition) is 1. The second kappa shape index (κ2) is 10.1. The summed E-state index contributed by atoms with van der Waals surface area (Å²) >= 11 is 0. The quantitative estimate of drug-likeness (QED) is 0.503. The third-order valence-electron chi connectivity index (χ3n) is 5.64. The number of nitrogens with one attached hydrogen (secondary N) is 1. The van der Waals surface area contributed by atoms with Crippen molar-refractivity contribution < 1.29 is 26.0 Å². The number of anilines is 1. The van der Waals surface area contributed by atoms with Crippen molar-refractivity contribution in [3.8, 4) is 11.1 Å². The van der Waals surface area contributed by atoms with Crippen LogP contribution in [0.25, 0.3) is 22.2 Å². The van der Waals surface area contributed by atoms with E-state index in [-0.39, 0.29) is 61.5 Å². The molecule has 8 nitrogen and oxygen atoms in total. The van der Waals surface area contributed by atoms with Gasteiger partial charge in [-0.05, 0) is 25.0 Å². The van der Waals surface area contributed by atoms with Crippen molar-refractivity contribution in [2.75, 3.05) is 24.2 Å². The van der Waals surface area contributed by atoms with E-state index in [2.05, 4.69) is 15.3 Å². The third-order valence-corrected chi connectivity index (χ3v) is 7.48. The number of halogens is 5. The highest BCUT2D eigenvalue weighted by molar-refractivity contribution is 7.89. The molecule has 0 spiro atoms. The zero-order valence-electron chi connectivity index (χ0n) is 18.4. The first-order valence-electron chi connectivity index (χ1n) is 10.4. The molecule has 0 atom stereocenters. The number of sulfonamides is 1. The molecule has 0 amide bonds. The van der Waals surface area contributed by atoms with Gasteiger partial charge < -0.3 is 5.32 Å². The molecular formula is C21H22ClF4N5O3S. The topological polar surface area (TPSA) is 97.2 Å². The molecule has 2 aromatic heterocycles. The Balaban J connectivity index is 0.00000342. The first-order valence-corrected chi connectivity index (χ1v) is 12.0. The third kappa shape index (κ3) is 5.90. The smallest absolute Gasteiger partial charge is 0.351 e. The summed E-state index contributed by atoms with van der Waals surface area (Å²) in [5, 5.41) is 3.57. The van der Waals surface area contributed by atoms with Gasteiger partial charge in [-0.2, -0.15) is 18.2 Å². The molecule has 3 heterocycles. The van der Waals surface area contributed by atoms with Crippen LogP contribution >= 0.6 is 12.4 Å². The van der Waals surface area contributed by atoms with Gasteiger partial charge in [-0.3, -0.25) is 9.36 Å². The Morgan fingerprint density at radius 3 is 2.43 bits per heavy atom. The van der Waals surface area contributed by atoms with Crippen LogP contribution in [0.5, 0.6) is 0 Å².